The third kappa shape index (κ3) is 2.02. The summed E-state index contributed by atoms with van der Waals surface area (Å²) in [7, 11) is 0. The Morgan fingerprint density at radius 2 is 2.11 bits per heavy atom. The van der Waals surface area contributed by atoms with Crippen LogP contribution in [0.2, 0.25) is 5.15 Å². The number of thiophene rings is 1. The second-order valence-corrected chi connectivity index (χ2v) is 6.41. The first-order valence-corrected chi connectivity index (χ1v) is 7.59. The van der Waals surface area contributed by atoms with Gasteiger partial charge in [0.15, 0.2) is 0 Å². The van der Waals surface area contributed by atoms with Gasteiger partial charge in [0, 0.05) is 14.0 Å². The van der Waals surface area contributed by atoms with Crippen LogP contribution in [-0.4, -0.2) is 9.97 Å². The van der Waals surface area contributed by atoms with Crippen LogP contribution < -0.4 is 0 Å². The number of benzene rings is 1. The van der Waals surface area contributed by atoms with E-state index >= 15 is 0 Å². The Labute approximate surface area is 127 Å². The molecule has 0 saturated heterocycles. The number of hydrogen-bond acceptors (Lipinski definition) is 3. The zero-order valence-corrected chi connectivity index (χ0v) is 13.2. The minimum absolute atomic E-state index is 0.527. The molecule has 2 nitrogen and oxygen atoms in total. The van der Waals surface area contributed by atoms with E-state index in [9.17, 15) is 0 Å². The molecule has 18 heavy (non-hydrogen) atoms. The molecule has 0 amide bonds. The van der Waals surface area contributed by atoms with E-state index in [0.717, 1.165) is 10.2 Å². The van der Waals surface area contributed by atoms with Crippen molar-refractivity contribution in [2.75, 3.05) is 0 Å². The van der Waals surface area contributed by atoms with Gasteiger partial charge in [0.05, 0.1) is 10.2 Å². The fourth-order valence-corrected chi connectivity index (χ4v) is 3.91. The minimum atomic E-state index is 0.527. The van der Waals surface area contributed by atoms with E-state index in [1.54, 1.807) is 11.3 Å². The maximum absolute atomic E-state index is 6.09. The summed E-state index contributed by atoms with van der Waals surface area (Å²) in [6.07, 6.45) is 1.50. The highest BCUT2D eigenvalue weighted by Crippen LogP contribution is 2.37. The maximum Gasteiger partial charge on any atom is 0.150 e. The largest absolute Gasteiger partial charge is 0.235 e. The predicted octanol–water partition coefficient (Wildman–Crippen LogP) is 4.92. The van der Waals surface area contributed by atoms with Gasteiger partial charge in [0.2, 0.25) is 0 Å². The summed E-state index contributed by atoms with van der Waals surface area (Å²) in [5.74, 6) is 0. The second-order valence-electron chi connectivity index (χ2n) is 3.93. The summed E-state index contributed by atoms with van der Waals surface area (Å²) >= 11 is 10.1. The van der Waals surface area contributed by atoms with Crippen LogP contribution in [0, 0.1) is 10.5 Å². The maximum atomic E-state index is 6.09. The molecule has 0 aliphatic rings. The van der Waals surface area contributed by atoms with Gasteiger partial charge in [-0.15, -0.1) is 11.3 Å². The highest BCUT2D eigenvalue weighted by atomic mass is 127. The Bertz CT molecular complexity index is 739. The molecule has 0 bridgehead atoms. The molecule has 2 heterocycles. The Balaban J connectivity index is 2.26. The van der Waals surface area contributed by atoms with E-state index in [1.165, 1.54) is 25.9 Å². The van der Waals surface area contributed by atoms with Crippen molar-refractivity contribution in [2.45, 2.75) is 6.92 Å². The fraction of sp³-hybridized carbons (Fsp3) is 0.0769. The third-order valence-corrected chi connectivity index (χ3v) is 5.72. The quantitative estimate of drug-likeness (QED) is 0.438. The zero-order valence-electron chi connectivity index (χ0n) is 9.45. The molecule has 0 spiro atoms. The number of rotatable bonds is 1. The average molecular weight is 387 g/mol. The lowest BCUT2D eigenvalue weighted by atomic mass is 10.1. The molecule has 0 atom stereocenters. The SMILES string of the molecule is Cc1cccc(-c2cc3ncnc(Cl)c3s2)c1I. The van der Waals surface area contributed by atoms with Gasteiger partial charge in [0.1, 0.15) is 11.5 Å². The van der Waals surface area contributed by atoms with Gasteiger partial charge in [-0.05, 0) is 41.1 Å². The van der Waals surface area contributed by atoms with Gasteiger partial charge < -0.3 is 0 Å². The molecule has 0 saturated carbocycles. The molecule has 90 valence electrons. The van der Waals surface area contributed by atoms with Crippen molar-refractivity contribution in [3.63, 3.8) is 0 Å². The summed E-state index contributed by atoms with van der Waals surface area (Å²) in [6.45, 7) is 2.12. The van der Waals surface area contributed by atoms with Crippen LogP contribution in [0.15, 0.2) is 30.6 Å². The van der Waals surface area contributed by atoms with Gasteiger partial charge in [0.25, 0.3) is 0 Å². The van der Waals surface area contributed by atoms with Crippen molar-refractivity contribution in [3.8, 4) is 10.4 Å². The molecule has 0 fully saturated rings. The molecule has 2 aromatic heterocycles. The first-order valence-electron chi connectivity index (χ1n) is 5.32. The molecular weight excluding hydrogens is 379 g/mol. The van der Waals surface area contributed by atoms with Gasteiger partial charge in [-0.25, -0.2) is 9.97 Å². The Hall–Kier alpha value is -0.720. The highest BCUT2D eigenvalue weighted by Gasteiger charge is 2.11. The Kier molecular flexibility index (Phi) is 3.25. The minimum Gasteiger partial charge on any atom is -0.235 e. The average Bonchev–Trinajstić information content (AvgIpc) is 2.78. The van der Waals surface area contributed by atoms with Gasteiger partial charge in [-0.2, -0.15) is 0 Å². The van der Waals surface area contributed by atoms with Crippen LogP contribution in [-0.2, 0) is 0 Å². The molecule has 0 unspecified atom stereocenters. The van der Waals surface area contributed by atoms with Crippen molar-refractivity contribution in [3.05, 3.63) is 44.9 Å². The molecule has 3 rings (SSSR count). The molecular formula is C13H8ClIN2S. The Morgan fingerprint density at radius 3 is 2.89 bits per heavy atom. The lowest BCUT2D eigenvalue weighted by Gasteiger charge is -2.03. The monoisotopic (exact) mass is 386 g/mol. The Morgan fingerprint density at radius 1 is 1.28 bits per heavy atom. The second kappa shape index (κ2) is 4.75. The molecule has 5 heteroatoms. The molecule has 0 radical (unpaired) electrons. The number of aryl methyl sites for hydroxylation is 1. The van der Waals surface area contributed by atoms with Crippen LogP contribution in [0.1, 0.15) is 5.56 Å². The van der Waals surface area contributed by atoms with E-state index in [-0.39, 0.29) is 0 Å². The van der Waals surface area contributed by atoms with Crippen molar-refractivity contribution < 1.29 is 0 Å². The summed E-state index contributed by atoms with van der Waals surface area (Å²) in [6, 6.07) is 8.39. The lowest BCUT2D eigenvalue weighted by Crippen LogP contribution is -1.83. The van der Waals surface area contributed by atoms with Crippen molar-refractivity contribution in [2.24, 2.45) is 0 Å². The standard InChI is InChI=1S/C13H8ClIN2S/c1-7-3-2-4-8(11(7)15)10-5-9-12(18-10)13(14)17-6-16-9/h2-6H,1H3. The summed E-state index contributed by atoms with van der Waals surface area (Å²) in [5, 5.41) is 0.527. The van der Waals surface area contributed by atoms with Crippen LogP contribution in [0.25, 0.3) is 20.7 Å². The fourth-order valence-electron chi connectivity index (χ4n) is 1.80. The summed E-state index contributed by atoms with van der Waals surface area (Å²) in [5.41, 5.74) is 3.42. The van der Waals surface area contributed by atoms with Crippen molar-refractivity contribution in [1.82, 2.24) is 9.97 Å². The smallest absolute Gasteiger partial charge is 0.150 e. The van der Waals surface area contributed by atoms with E-state index in [0.29, 0.717) is 5.15 Å². The van der Waals surface area contributed by atoms with E-state index in [1.807, 2.05) is 0 Å². The number of aromatic nitrogens is 2. The number of nitrogens with zero attached hydrogens (tertiary/aromatic N) is 2. The van der Waals surface area contributed by atoms with Gasteiger partial charge in [-0.1, -0.05) is 29.8 Å². The number of hydrogen-bond donors (Lipinski definition) is 0. The number of fused-ring (bicyclic) bond motifs is 1. The van der Waals surface area contributed by atoms with Gasteiger partial charge >= 0.3 is 0 Å². The topological polar surface area (TPSA) is 25.8 Å². The van der Waals surface area contributed by atoms with E-state index in [4.69, 9.17) is 11.6 Å². The van der Waals surface area contributed by atoms with E-state index < -0.39 is 0 Å². The van der Waals surface area contributed by atoms with Crippen LogP contribution in [0.4, 0.5) is 0 Å². The molecule has 0 aliphatic carbocycles. The van der Waals surface area contributed by atoms with Crippen molar-refractivity contribution in [1.29, 1.82) is 0 Å². The van der Waals surface area contributed by atoms with E-state index in [2.05, 4.69) is 63.7 Å². The van der Waals surface area contributed by atoms with Crippen LogP contribution in [0.5, 0.6) is 0 Å². The first-order chi connectivity index (χ1) is 8.66. The number of halogens is 2. The summed E-state index contributed by atoms with van der Waals surface area (Å²) in [4.78, 5) is 9.45. The predicted molar refractivity (Wildman–Crippen MR) is 85.3 cm³/mol. The molecule has 0 N–H and O–H groups in total. The zero-order chi connectivity index (χ0) is 12.7. The molecule has 0 aliphatic heterocycles. The third-order valence-electron chi connectivity index (χ3n) is 2.72. The van der Waals surface area contributed by atoms with Crippen LogP contribution >= 0.6 is 45.5 Å². The summed E-state index contributed by atoms with van der Waals surface area (Å²) < 4.78 is 2.22. The van der Waals surface area contributed by atoms with Crippen molar-refractivity contribution >= 4 is 55.7 Å². The lowest BCUT2D eigenvalue weighted by molar-refractivity contribution is 1.23. The van der Waals surface area contributed by atoms with Crippen LogP contribution in [0.3, 0.4) is 0 Å². The highest BCUT2D eigenvalue weighted by molar-refractivity contribution is 14.1. The molecule has 1 aromatic carbocycles. The normalized spacial score (nSPS) is 11.1. The molecule has 3 aromatic rings. The first kappa shape index (κ1) is 12.3. The van der Waals surface area contributed by atoms with Gasteiger partial charge in [-0.3, -0.25) is 0 Å².